The highest BCUT2D eigenvalue weighted by Crippen LogP contribution is 2.31. The zero-order valence-corrected chi connectivity index (χ0v) is 21.4. The molecule has 0 aliphatic carbocycles. The van der Waals surface area contributed by atoms with Crippen LogP contribution in [0.1, 0.15) is 21.5 Å². The van der Waals surface area contributed by atoms with E-state index in [-0.39, 0.29) is 23.8 Å². The van der Waals surface area contributed by atoms with Crippen LogP contribution in [-0.2, 0) is 16.6 Å². The normalized spacial score (nSPS) is 11.5. The number of furan rings is 1. The van der Waals surface area contributed by atoms with E-state index in [9.17, 15) is 23.3 Å². The summed E-state index contributed by atoms with van der Waals surface area (Å²) in [5.41, 5.74) is 3.62. The van der Waals surface area contributed by atoms with Crippen LogP contribution in [0.15, 0.2) is 89.3 Å². The molecule has 38 heavy (non-hydrogen) atoms. The Morgan fingerprint density at radius 1 is 0.947 bits per heavy atom. The summed E-state index contributed by atoms with van der Waals surface area (Å²) >= 11 is 0. The van der Waals surface area contributed by atoms with E-state index in [0.717, 1.165) is 26.9 Å². The fraction of sp³-hybridized carbons (Fsp3) is 0.107. The van der Waals surface area contributed by atoms with E-state index in [4.69, 9.17) is 4.42 Å². The SMILES string of the molecule is Cc1ccc([N+](=O)[O-])cc1N(Cc1ccc(C(=O)Nc2ccc3c(c2)oc2ccccc23)cc1)S(C)(=O)=O. The monoisotopic (exact) mass is 529 g/mol. The lowest BCUT2D eigenvalue weighted by Gasteiger charge is -2.24. The molecule has 1 aromatic heterocycles. The van der Waals surface area contributed by atoms with Crippen molar-refractivity contribution in [3.63, 3.8) is 0 Å². The van der Waals surface area contributed by atoms with Gasteiger partial charge in [-0.05, 0) is 48.4 Å². The van der Waals surface area contributed by atoms with Crippen LogP contribution in [-0.4, -0.2) is 25.5 Å². The maximum Gasteiger partial charge on any atom is 0.271 e. The largest absolute Gasteiger partial charge is 0.456 e. The summed E-state index contributed by atoms with van der Waals surface area (Å²) < 4.78 is 32.2. The minimum atomic E-state index is -3.75. The molecule has 192 valence electrons. The third-order valence-corrected chi connectivity index (χ3v) is 7.38. The van der Waals surface area contributed by atoms with Gasteiger partial charge in [0.15, 0.2) is 0 Å². The molecule has 0 saturated carbocycles. The number of non-ortho nitro benzene ring substituents is 1. The molecule has 0 saturated heterocycles. The number of carbonyl (C=O) groups excluding carboxylic acids is 1. The van der Waals surface area contributed by atoms with E-state index in [0.29, 0.717) is 28.0 Å². The highest BCUT2D eigenvalue weighted by atomic mass is 32.2. The second-order valence-electron chi connectivity index (χ2n) is 8.96. The molecule has 1 N–H and O–H groups in total. The number of nitro benzene ring substituents is 1. The summed E-state index contributed by atoms with van der Waals surface area (Å²) in [4.78, 5) is 23.5. The number of fused-ring (bicyclic) bond motifs is 3. The first-order chi connectivity index (χ1) is 18.1. The van der Waals surface area contributed by atoms with Crippen LogP contribution in [0.25, 0.3) is 21.9 Å². The van der Waals surface area contributed by atoms with E-state index in [1.54, 1.807) is 37.3 Å². The first-order valence-electron chi connectivity index (χ1n) is 11.6. The van der Waals surface area contributed by atoms with Crippen molar-refractivity contribution in [2.24, 2.45) is 0 Å². The first kappa shape index (κ1) is 25.0. The van der Waals surface area contributed by atoms with Gasteiger partial charge in [-0.3, -0.25) is 19.2 Å². The molecule has 5 aromatic rings. The molecule has 1 heterocycles. The van der Waals surface area contributed by atoms with Crippen molar-refractivity contribution in [1.82, 2.24) is 0 Å². The van der Waals surface area contributed by atoms with Crippen molar-refractivity contribution in [1.29, 1.82) is 0 Å². The van der Waals surface area contributed by atoms with E-state index in [2.05, 4.69) is 5.32 Å². The Bertz CT molecular complexity index is 1810. The molecule has 0 spiro atoms. The molecule has 9 nitrogen and oxygen atoms in total. The van der Waals surface area contributed by atoms with E-state index >= 15 is 0 Å². The Hall–Kier alpha value is -4.70. The maximum absolute atomic E-state index is 12.9. The first-order valence-corrected chi connectivity index (χ1v) is 13.5. The lowest BCUT2D eigenvalue weighted by atomic mass is 10.1. The van der Waals surface area contributed by atoms with Crippen molar-refractivity contribution in [3.05, 3.63) is 112 Å². The summed E-state index contributed by atoms with van der Waals surface area (Å²) in [5.74, 6) is -0.332. The molecule has 0 bridgehead atoms. The minimum absolute atomic E-state index is 0.0501. The fourth-order valence-electron chi connectivity index (χ4n) is 4.30. The molecule has 4 aromatic carbocycles. The molecule has 10 heteroatoms. The second kappa shape index (κ2) is 9.64. The molecule has 0 atom stereocenters. The molecular weight excluding hydrogens is 506 g/mol. The maximum atomic E-state index is 12.9. The lowest BCUT2D eigenvalue weighted by Crippen LogP contribution is -2.30. The van der Waals surface area contributed by atoms with Gasteiger partial charge in [-0.1, -0.05) is 36.4 Å². The van der Waals surface area contributed by atoms with Gasteiger partial charge >= 0.3 is 0 Å². The van der Waals surface area contributed by atoms with Crippen molar-refractivity contribution in [2.75, 3.05) is 15.9 Å². The van der Waals surface area contributed by atoms with Crippen LogP contribution in [0.5, 0.6) is 0 Å². The number of nitro groups is 1. The number of rotatable bonds is 7. The number of aryl methyl sites for hydroxylation is 1. The standard InChI is InChI=1S/C28H23N3O6S/c1-18-7-13-22(31(33)34)16-25(18)30(38(2,35)36)17-19-8-10-20(11-9-19)28(32)29-21-12-14-24-23-5-3-4-6-26(23)37-27(24)15-21/h3-16H,17H2,1-2H3,(H,29,32). The zero-order chi connectivity index (χ0) is 27.0. The number of benzene rings is 4. The molecule has 0 unspecified atom stereocenters. The van der Waals surface area contributed by atoms with Gasteiger partial charge in [-0.25, -0.2) is 8.42 Å². The van der Waals surface area contributed by atoms with Gasteiger partial charge < -0.3 is 9.73 Å². The van der Waals surface area contributed by atoms with Gasteiger partial charge in [-0.2, -0.15) is 0 Å². The number of nitrogens with zero attached hydrogens (tertiary/aromatic N) is 2. The Balaban J connectivity index is 1.35. The van der Waals surface area contributed by atoms with Crippen LogP contribution in [0.3, 0.4) is 0 Å². The average Bonchev–Trinajstić information content (AvgIpc) is 3.25. The number of nitrogens with one attached hydrogen (secondary N) is 1. The summed E-state index contributed by atoms with van der Waals surface area (Å²) in [6.45, 7) is 1.64. The molecule has 0 radical (unpaired) electrons. The van der Waals surface area contributed by atoms with E-state index < -0.39 is 14.9 Å². The minimum Gasteiger partial charge on any atom is -0.456 e. The Labute approximate surface area is 218 Å². The van der Waals surface area contributed by atoms with Gasteiger partial charge in [0.25, 0.3) is 11.6 Å². The van der Waals surface area contributed by atoms with Crippen LogP contribution in [0.2, 0.25) is 0 Å². The molecule has 0 aliphatic rings. The Morgan fingerprint density at radius 2 is 1.66 bits per heavy atom. The van der Waals surface area contributed by atoms with Gasteiger partial charge in [0.05, 0.1) is 23.4 Å². The van der Waals surface area contributed by atoms with Crippen LogP contribution in [0.4, 0.5) is 17.1 Å². The molecule has 0 fully saturated rings. The fourth-order valence-corrected chi connectivity index (χ4v) is 5.23. The van der Waals surface area contributed by atoms with Crippen LogP contribution >= 0.6 is 0 Å². The third kappa shape index (κ3) is 4.94. The van der Waals surface area contributed by atoms with E-state index in [1.165, 1.54) is 18.2 Å². The summed E-state index contributed by atoms with van der Waals surface area (Å²) in [7, 11) is -3.75. The molecule has 0 aliphatic heterocycles. The predicted molar refractivity (Wildman–Crippen MR) is 147 cm³/mol. The number of anilines is 2. The number of sulfonamides is 1. The van der Waals surface area contributed by atoms with Gasteiger partial charge in [0.1, 0.15) is 11.2 Å². The smallest absolute Gasteiger partial charge is 0.271 e. The summed E-state index contributed by atoms with van der Waals surface area (Å²) in [5, 5.41) is 16.0. The van der Waals surface area contributed by atoms with Crippen molar-refractivity contribution in [2.45, 2.75) is 13.5 Å². The lowest BCUT2D eigenvalue weighted by molar-refractivity contribution is -0.384. The zero-order valence-electron chi connectivity index (χ0n) is 20.5. The Morgan fingerprint density at radius 3 is 2.37 bits per heavy atom. The van der Waals surface area contributed by atoms with Gasteiger partial charge in [0.2, 0.25) is 10.0 Å². The van der Waals surface area contributed by atoms with Crippen LogP contribution < -0.4 is 9.62 Å². The summed E-state index contributed by atoms with van der Waals surface area (Å²) in [6, 6.07) is 23.8. The third-order valence-electron chi connectivity index (χ3n) is 6.25. The quantitative estimate of drug-likeness (QED) is 0.203. The number of amides is 1. The molecule has 1 amide bonds. The number of hydrogen-bond donors (Lipinski definition) is 1. The molecular formula is C28H23N3O6S. The van der Waals surface area contributed by atoms with Crippen molar-refractivity contribution >= 4 is 54.9 Å². The molecule has 5 rings (SSSR count). The highest BCUT2D eigenvalue weighted by Gasteiger charge is 2.22. The number of carbonyl (C=O) groups is 1. The Kier molecular flexibility index (Phi) is 6.33. The predicted octanol–water partition coefficient (Wildman–Crippen LogP) is 6.02. The topological polar surface area (TPSA) is 123 Å². The van der Waals surface area contributed by atoms with E-state index in [1.807, 2.05) is 36.4 Å². The number of para-hydroxylation sites is 1. The van der Waals surface area contributed by atoms with Gasteiger partial charge in [-0.15, -0.1) is 0 Å². The second-order valence-corrected chi connectivity index (χ2v) is 10.9. The number of hydrogen-bond acceptors (Lipinski definition) is 6. The highest BCUT2D eigenvalue weighted by molar-refractivity contribution is 7.92. The van der Waals surface area contributed by atoms with Crippen molar-refractivity contribution < 1.29 is 22.6 Å². The van der Waals surface area contributed by atoms with Gasteiger partial charge in [0, 0.05) is 40.2 Å². The van der Waals surface area contributed by atoms with Crippen LogP contribution in [0, 0.1) is 17.0 Å². The summed E-state index contributed by atoms with van der Waals surface area (Å²) in [6.07, 6.45) is 1.05. The average molecular weight is 530 g/mol. The van der Waals surface area contributed by atoms with Crippen molar-refractivity contribution in [3.8, 4) is 0 Å².